The molecule has 0 saturated heterocycles. The minimum Gasteiger partial charge on any atom is -0.652 e. The van der Waals surface area contributed by atoms with Crippen LogP contribution in [-0.2, 0) is 43.7 Å². The molecule has 0 aromatic rings. The second kappa shape index (κ2) is 26.5. The van der Waals surface area contributed by atoms with Gasteiger partial charge in [0.05, 0.1) is 0 Å². The topological polar surface area (TPSA) is 143 Å². The van der Waals surface area contributed by atoms with Crippen LogP contribution in [0.3, 0.4) is 0 Å². The van der Waals surface area contributed by atoms with Gasteiger partial charge < -0.3 is 34.8 Å². The van der Waals surface area contributed by atoms with Crippen LogP contribution in [0.4, 0.5) is 4.79 Å². The average Bonchev–Trinajstić information content (AvgIpc) is 2.48. The first kappa shape index (κ1) is 36.2. The summed E-state index contributed by atoms with van der Waals surface area (Å²) in [6.45, 7) is 7.89. The molecule has 0 saturated carbocycles. The zero-order valence-electron chi connectivity index (χ0n) is 15.8. The maximum atomic E-state index is 10.3. The second-order valence-electron chi connectivity index (χ2n) is 5.38. The predicted molar refractivity (Wildman–Crippen MR) is 82.0 cm³/mol. The fraction of sp³-hybridized carbons (Fsp3) is 0.824. The zero-order valence-corrected chi connectivity index (χ0v) is 17.7. The Bertz CT molecular complexity index is 309. The van der Waals surface area contributed by atoms with E-state index in [4.69, 9.17) is 15.0 Å². The number of aliphatic carboxylic acids is 2. The first-order chi connectivity index (χ1) is 11.2. The third kappa shape index (κ3) is 31.1. The second-order valence-corrected chi connectivity index (χ2v) is 5.38. The van der Waals surface area contributed by atoms with Crippen molar-refractivity contribution in [3.8, 4) is 0 Å². The summed E-state index contributed by atoms with van der Waals surface area (Å²) < 4.78 is 0. The maximum Gasteiger partial charge on any atom is 2.00 e. The Labute approximate surface area is 177 Å². The fourth-order valence-corrected chi connectivity index (χ4v) is 1.88. The van der Waals surface area contributed by atoms with Gasteiger partial charge in [0.25, 0.3) is 0 Å². The van der Waals surface area contributed by atoms with E-state index in [-0.39, 0.29) is 46.0 Å². The molecule has 0 rings (SSSR count). The Morgan fingerprint density at radius 3 is 1.00 bits per heavy atom. The minimum absolute atomic E-state index is 0. The van der Waals surface area contributed by atoms with Gasteiger partial charge in [-0.25, -0.2) is 0 Å². The van der Waals surface area contributed by atoms with Crippen molar-refractivity contribution >= 4 is 18.1 Å². The molecule has 0 aliphatic carbocycles. The van der Waals surface area contributed by atoms with E-state index < -0.39 is 18.1 Å². The first-order valence-electron chi connectivity index (χ1n) is 8.47. The number of carboxylic acids is 2. The molecule has 0 amide bonds. The predicted octanol–water partition coefficient (Wildman–Crippen LogP) is -0.547. The van der Waals surface area contributed by atoms with Crippen LogP contribution in [0.1, 0.15) is 79.1 Å². The minimum atomic E-state index is -2.33. The molecule has 9 heteroatoms. The average molecular weight is 474 g/mol. The van der Waals surface area contributed by atoms with E-state index in [0.717, 1.165) is 38.5 Å². The summed E-state index contributed by atoms with van der Waals surface area (Å²) in [6, 6.07) is 0. The van der Waals surface area contributed by atoms with Crippen molar-refractivity contribution in [1.29, 1.82) is 0 Å². The Balaban J connectivity index is -0.0000000883. The molecule has 7 nitrogen and oxygen atoms in total. The van der Waals surface area contributed by atoms with Gasteiger partial charge in [-0.15, -0.1) is 0 Å². The van der Waals surface area contributed by atoms with Gasteiger partial charge in [0.1, 0.15) is 0 Å². The molecule has 0 fully saturated rings. The molecule has 0 bridgehead atoms. The number of rotatable bonds is 10. The first-order valence-corrected chi connectivity index (χ1v) is 8.47. The van der Waals surface area contributed by atoms with E-state index in [1.54, 1.807) is 0 Å². The molecular formula is C17H30Cu2O7. The molecule has 0 aliphatic rings. The van der Waals surface area contributed by atoms with E-state index in [9.17, 15) is 19.8 Å². The molecule has 0 heterocycles. The Kier molecular flexibility index (Phi) is 36.9. The summed E-state index contributed by atoms with van der Waals surface area (Å²) in [5.41, 5.74) is 0. The number of hydrogen-bond donors (Lipinski definition) is 0. The van der Waals surface area contributed by atoms with Gasteiger partial charge in [0.15, 0.2) is 0 Å². The molecule has 0 spiro atoms. The fourth-order valence-electron chi connectivity index (χ4n) is 1.88. The SMILES string of the molecule is CCCCC(CC)C(=O)[O-].CCCCC(CC)C(=O)[O-].O=C([O-])[O-].[Cu+2].[Cu+2]. The van der Waals surface area contributed by atoms with Crippen LogP contribution in [0.2, 0.25) is 0 Å². The molecule has 2 radical (unpaired) electrons. The van der Waals surface area contributed by atoms with Crippen molar-refractivity contribution in [2.45, 2.75) is 79.1 Å². The maximum absolute atomic E-state index is 10.3. The normalized spacial score (nSPS) is 10.9. The quantitative estimate of drug-likeness (QED) is 0.387. The molecule has 26 heavy (non-hydrogen) atoms. The monoisotopic (exact) mass is 472 g/mol. The molecule has 2 unspecified atom stereocenters. The van der Waals surface area contributed by atoms with Crippen molar-refractivity contribution in [1.82, 2.24) is 0 Å². The van der Waals surface area contributed by atoms with Gasteiger partial charge in [-0.05, 0) is 43.7 Å². The molecule has 0 N–H and O–H groups in total. The van der Waals surface area contributed by atoms with Crippen LogP contribution in [0.15, 0.2) is 0 Å². The number of hydrogen-bond acceptors (Lipinski definition) is 7. The van der Waals surface area contributed by atoms with Crippen LogP contribution in [-0.4, -0.2) is 18.1 Å². The number of carbonyl (C=O) groups excluding carboxylic acids is 3. The smallest absolute Gasteiger partial charge is 0.652 e. The molecule has 0 aromatic carbocycles. The summed E-state index contributed by atoms with van der Waals surface area (Å²) in [5.74, 6) is -2.23. The number of carbonyl (C=O) groups is 3. The van der Waals surface area contributed by atoms with Crippen molar-refractivity contribution < 1.29 is 68.9 Å². The van der Waals surface area contributed by atoms with Crippen molar-refractivity contribution in [2.24, 2.45) is 11.8 Å². The summed E-state index contributed by atoms with van der Waals surface area (Å²) in [6.07, 6.45) is 4.71. The van der Waals surface area contributed by atoms with Crippen LogP contribution >= 0.6 is 0 Å². The van der Waals surface area contributed by atoms with Crippen molar-refractivity contribution in [3.63, 3.8) is 0 Å². The largest absolute Gasteiger partial charge is 2.00 e. The Morgan fingerprint density at radius 2 is 0.885 bits per heavy atom. The Morgan fingerprint density at radius 1 is 0.654 bits per heavy atom. The summed E-state index contributed by atoms with van der Waals surface area (Å²) in [5, 5.41) is 37.3. The van der Waals surface area contributed by atoms with Crippen molar-refractivity contribution in [2.75, 3.05) is 0 Å². The summed E-state index contributed by atoms with van der Waals surface area (Å²) >= 11 is 0. The third-order valence-electron chi connectivity index (χ3n) is 3.46. The van der Waals surface area contributed by atoms with Crippen LogP contribution in [0.25, 0.3) is 0 Å². The van der Waals surface area contributed by atoms with Gasteiger partial charge >= 0.3 is 34.1 Å². The molecule has 162 valence electrons. The van der Waals surface area contributed by atoms with E-state index in [1.807, 2.05) is 13.8 Å². The Hall–Kier alpha value is -0.751. The van der Waals surface area contributed by atoms with Crippen LogP contribution in [0.5, 0.6) is 0 Å². The molecular weight excluding hydrogens is 443 g/mol. The van der Waals surface area contributed by atoms with E-state index in [0.29, 0.717) is 12.8 Å². The van der Waals surface area contributed by atoms with Crippen LogP contribution in [0, 0.1) is 11.8 Å². The van der Waals surface area contributed by atoms with Crippen LogP contribution < -0.4 is 20.4 Å². The van der Waals surface area contributed by atoms with E-state index >= 15 is 0 Å². The molecule has 0 aliphatic heterocycles. The van der Waals surface area contributed by atoms with Crippen molar-refractivity contribution in [3.05, 3.63) is 0 Å². The van der Waals surface area contributed by atoms with Gasteiger partial charge in [-0.2, -0.15) is 0 Å². The third-order valence-corrected chi connectivity index (χ3v) is 3.46. The summed E-state index contributed by atoms with van der Waals surface area (Å²) in [4.78, 5) is 29.0. The zero-order chi connectivity index (χ0) is 19.5. The molecule has 0 aromatic heterocycles. The standard InChI is InChI=1S/2C8H16O2.CH2O3.2Cu/c2*1-3-5-6-7(4-2)8(9)10;2-1(3)4;;/h2*7H,3-6H2,1-2H3,(H,9,10);(H2,2,3,4);;/q;;;2*+2/p-4. The van der Waals surface area contributed by atoms with Gasteiger partial charge in [0.2, 0.25) is 0 Å². The van der Waals surface area contributed by atoms with Gasteiger partial charge in [0, 0.05) is 11.9 Å². The van der Waals surface area contributed by atoms with Gasteiger partial charge in [-0.1, -0.05) is 53.4 Å². The van der Waals surface area contributed by atoms with E-state index in [2.05, 4.69) is 13.8 Å². The number of carboxylic acid groups (broad SMARTS) is 4. The molecule has 2 atom stereocenters. The number of unbranched alkanes of at least 4 members (excludes halogenated alkanes) is 2. The summed E-state index contributed by atoms with van der Waals surface area (Å²) in [7, 11) is 0. The van der Waals surface area contributed by atoms with Gasteiger partial charge in [-0.3, -0.25) is 0 Å². The van der Waals surface area contributed by atoms with E-state index in [1.165, 1.54) is 0 Å².